The number of carboxylic acids is 1. The average Bonchev–Trinajstić information content (AvgIpc) is 2.51. The first-order chi connectivity index (χ1) is 10.9. The highest BCUT2D eigenvalue weighted by Gasteiger charge is 2.19. The molecule has 0 radical (unpaired) electrons. The van der Waals surface area contributed by atoms with Crippen LogP contribution in [0.2, 0.25) is 0 Å². The van der Waals surface area contributed by atoms with Gasteiger partial charge in [-0.2, -0.15) is 0 Å². The number of aliphatic carboxylic acids is 1. The molecule has 1 rings (SSSR count). The zero-order valence-corrected chi connectivity index (χ0v) is 13.5. The predicted molar refractivity (Wildman–Crippen MR) is 82.7 cm³/mol. The summed E-state index contributed by atoms with van der Waals surface area (Å²) in [6.45, 7) is 4.12. The molecule has 0 aliphatic carbocycles. The molecule has 6 heteroatoms. The third-order valence-corrected chi connectivity index (χ3v) is 3.92. The Hall–Kier alpha value is -1.98. The highest BCUT2D eigenvalue weighted by atomic mass is 19.2. The monoisotopic (exact) mass is 327 g/mol. The second kappa shape index (κ2) is 9.22. The van der Waals surface area contributed by atoms with Crippen molar-refractivity contribution in [2.45, 2.75) is 46.1 Å². The Bertz CT molecular complexity index is 545. The van der Waals surface area contributed by atoms with Crippen molar-refractivity contribution in [3.8, 4) is 0 Å². The maximum absolute atomic E-state index is 13.3. The summed E-state index contributed by atoms with van der Waals surface area (Å²) in [7, 11) is 0. The molecule has 4 nitrogen and oxygen atoms in total. The van der Waals surface area contributed by atoms with Gasteiger partial charge in [0.2, 0.25) is 5.91 Å². The van der Waals surface area contributed by atoms with Gasteiger partial charge in [0.05, 0.1) is 6.42 Å². The topological polar surface area (TPSA) is 57.6 Å². The lowest BCUT2D eigenvalue weighted by molar-refractivity contribution is -0.139. The van der Waals surface area contributed by atoms with Crippen LogP contribution in [0.25, 0.3) is 0 Å². The summed E-state index contributed by atoms with van der Waals surface area (Å²) in [6, 6.07) is 3.44. The minimum atomic E-state index is -1.00. The van der Waals surface area contributed by atoms with Gasteiger partial charge in [-0.1, -0.05) is 32.8 Å². The van der Waals surface area contributed by atoms with Crippen molar-refractivity contribution in [2.75, 3.05) is 6.54 Å². The number of hydrogen-bond acceptors (Lipinski definition) is 2. The highest BCUT2D eigenvalue weighted by Crippen LogP contribution is 2.17. The van der Waals surface area contributed by atoms with Crippen molar-refractivity contribution in [3.05, 3.63) is 35.4 Å². The van der Waals surface area contributed by atoms with Crippen molar-refractivity contribution in [2.24, 2.45) is 5.92 Å². The first-order valence-corrected chi connectivity index (χ1v) is 7.80. The van der Waals surface area contributed by atoms with E-state index >= 15 is 0 Å². The van der Waals surface area contributed by atoms with Gasteiger partial charge in [0, 0.05) is 19.5 Å². The Kier molecular flexibility index (Phi) is 7.65. The smallest absolute Gasteiger partial charge is 0.305 e. The molecule has 0 spiro atoms. The van der Waals surface area contributed by atoms with Gasteiger partial charge in [0.25, 0.3) is 0 Å². The Morgan fingerprint density at radius 2 is 1.83 bits per heavy atom. The molecule has 0 aromatic heterocycles. The summed E-state index contributed by atoms with van der Waals surface area (Å²) in [5.74, 6) is -2.86. The van der Waals surface area contributed by atoms with Crippen molar-refractivity contribution >= 4 is 11.9 Å². The standard InChI is InChI=1S/C17H23F2NO3/c1-3-12(4-2)10-16(21)20(8-7-17(22)23)11-13-5-6-14(18)15(19)9-13/h5-6,9,12H,3-4,7-8,10-11H2,1-2H3,(H,22,23). The minimum Gasteiger partial charge on any atom is -0.481 e. The maximum atomic E-state index is 13.3. The largest absolute Gasteiger partial charge is 0.481 e. The average molecular weight is 327 g/mol. The number of carbonyl (C=O) groups is 2. The number of benzene rings is 1. The second-order valence-corrected chi connectivity index (χ2v) is 5.59. The molecule has 0 aliphatic rings. The minimum absolute atomic E-state index is 0.0489. The zero-order valence-electron chi connectivity index (χ0n) is 13.5. The quantitative estimate of drug-likeness (QED) is 0.754. The first kappa shape index (κ1) is 19.1. The van der Waals surface area contributed by atoms with E-state index in [-0.39, 0.29) is 31.3 Å². The van der Waals surface area contributed by atoms with Crippen LogP contribution in [0.3, 0.4) is 0 Å². The Labute approximate surface area is 135 Å². The van der Waals surface area contributed by atoms with E-state index in [1.54, 1.807) is 0 Å². The SMILES string of the molecule is CCC(CC)CC(=O)N(CCC(=O)O)Cc1ccc(F)c(F)c1. The number of amides is 1. The zero-order chi connectivity index (χ0) is 17.4. The van der Waals surface area contributed by atoms with E-state index in [1.165, 1.54) is 11.0 Å². The van der Waals surface area contributed by atoms with E-state index in [1.807, 2.05) is 13.8 Å². The lowest BCUT2D eigenvalue weighted by Gasteiger charge is -2.24. The van der Waals surface area contributed by atoms with Gasteiger partial charge in [0.1, 0.15) is 0 Å². The maximum Gasteiger partial charge on any atom is 0.305 e. The molecule has 0 heterocycles. The van der Waals surface area contributed by atoms with Gasteiger partial charge in [-0.15, -0.1) is 0 Å². The van der Waals surface area contributed by atoms with Crippen molar-refractivity contribution in [3.63, 3.8) is 0 Å². The van der Waals surface area contributed by atoms with Crippen LogP contribution < -0.4 is 0 Å². The van der Waals surface area contributed by atoms with Crippen LogP contribution in [0.5, 0.6) is 0 Å². The van der Waals surface area contributed by atoms with Gasteiger partial charge in [-0.3, -0.25) is 9.59 Å². The summed E-state index contributed by atoms with van der Waals surface area (Å²) >= 11 is 0. The molecule has 0 saturated carbocycles. The second-order valence-electron chi connectivity index (χ2n) is 5.59. The molecule has 1 aromatic carbocycles. The molecule has 128 valence electrons. The lowest BCUT2D eigenvalue weighted by Crippen LogP contribution is -2.33. The summed E-state index contributed by atoms with van der Waals surface area (Å²) in [5, 5.41) is 8.82. The molecule has 0 fully saturated rings. The molecule has 1 N–H and O–H groups in total. The van der Waals surface area contributed by atoms with Crippen LogP contribution in [-0.2, 0) is 16.1 Å². The van der Waals surface area contributed by atoms with E-state index < -0.39 is 17.6 Å². The fourth-order valence-corrected chi connectivity index (χ4v) is 2.33. The van der Waals surface area contributed by atoms with Crippen molar-refractivity contribution < 1.29 is 23.5 Å². The van der Waals surface area contributed by atoms with Crippen LogP contribution in [0.4, 0.5) is 8.78 Å². The van der Waals surface area contributed by atoms with E-state index in [0.717, 1.165) is 25.0 Å². The first-order valence-electron chi connectivity index (χ1n) is 7.80. The van der Waals surface area contributed by atoms with E-state index in [0.29, 0.717) is 12.0 Å². The number of carboxylic acid groups (broad SMARTS) is 1. The Morgan fingerprint density at radius 3 is 2.35 bits per heavy atom. The van der Waals surface area contributed by atoms with Gasteiger partial charge in [-0.25, -0.2) is 8.78 Å². The van der Waals surface area contributed by atoms with Crippen LogP contribution in [0.1, 0.15) is 45.1 Å². The number of nitrogens with zero attached hydrogens (tertiary/aromatic N) is 1. The molecule has 1 aromatic rings. The summed E-state index contributed by atoms with van der Waals surface area (Å²) < 4.78 is 26.3. The van der Waals surface area contributed by atoms with Crippen LogP contribution in [-0.4, -0.2) is 28.4 Å². The molecule has 0 unspecified atom stereocenters. The lowest BCUT2D eigenvalue weighted by atomic mass is 9.98. The van der Waals surface area contributed by atoms with Crippen LogP contribution in [0.15, 0.2) is 18.2 Å². The number of carbonyl (C=O) groups excluding carboxylic acids is 1. The van der Waals surface area contributed by atoms with E-state index in [4.69, 9.17) is 5.11 Å². The summed E-state index contributed by atoms with van der Waals surface area (Å²) in [4.78, 5) is 24.6. The normalized spacial score (nSPS) is 10.8. The fourth-order valence-electron chi connectivity index (χ4n) is 2.33. The molecule has 23 heavy (non-hydrogen) atoms. The predicted octanol–water partition coefficient (Wildman–Crippen LogP) is 3.59. The van der Waals surface area contributed by atoms with Crippen molar-refractivity contribution in [1.82, 2.24) is 4.90 Å². The fraction of sp³-hybridized carbons (Fsp3) is 0.529. The molecule has 1 amide bonds. The van der Waals surface area contributed by atoms with Gasteiger partial charge in [0.15, 0.2) is 11.6 Å². The third kappa shape index (κ3) is 6.34. The Balaban J connectivity index is 2.83. The third-order valence-electron chi connectivity index (χ3n) is 3.92. The number of halogens is 2. The van der Waals surface area contributed by atoms with E-state index in [9.17, 15) is 18.4 Å². The molecule has 0 saturated heterocycles. The van der Waals surface area contributed by atoms with E-state index in [2.05, 4.69) is 0 Å². The Morgan fingerprint density at radius 1 is 1.17 bits per heavy atom. The van der Waals surface area contributed by atoms with Crippen molar-refractivity contribution in [1.29, 1.82) is 0 Å². The molecular weight excluding hydrogens is 304 g/mol. The number of rotatable bonds is 9. The molecule has 0 atom stereocenters. The molecule has 0 bridgehead atoms. The van der Waals surface area contributed by atoms with Gasteiger partial charge >= 0.3 is 5.97 Å². The molecule has 0 aliphatic heterocycles. The van der Waals surface area contributed by atoms with Gasteiger partial charge in [-0.05, 0) is 23.6 Å². The summed E-state index contributed by atoms with van der Waals surface area (Å²) in [6.07, 6.45) is 1.87. The summed E-state index contributed by atoms with van der Waals surface area (Å²) in [5.41, 5.74) is 0.437. The van der Waals surface area contributed by atoms with Gasteiger partial charge < -0.3 is 10.0 Å². The number of hydrogen-bond donors (Lipinski definition) is 1. The molecular formula is C17H23F2NO3. The van der Waals surface area contributed by atoms with Crippen LogP contribution >= 0.6 is 0 Å². The highest BCUT2D eigenvalue weighted by molar-refractivity contribution is 5.77. The van der Waals surface area contributed by atoms with Crippen LogP contribution in [0, 0.1) is 17.6 Å².